The highest BCUT2D eigenvalue weighted by Gasteiger charge is 2.39. The highest BCUT2D eigenvalue weighted by molar-refractivity contribution is 6.24. The first-order valence-corrected chi connectivity index (χ1v) is 5.56. The van der Waals surface area contributed by atoms with E-state index < -0.39 is 35.9 Å². The second-order valence-electron chi connectivity index (χ2n) is 3.98. The molecular weight excluding hydrogens is 266 g/mol. The van der Waals surface area contributed by atoms with E-state index in [9.17, 15) is 19.2 Å². The van der Waals surface area contributed by atoms with Crippen LogP contribution in [0.1, 0.15) is 27.1 Å². The van der Waals surface area contributed by atoms with Gasteiger partial charge in [-0.15, -0.1) is 0 Å². The predicted octanol–water partition coefficient (Wildman–Crippen LogP) is 0.726. The molecule has 1 aromatic carbocycles. The Morgan fingerprint density at radius 3 is 1.95 bits per heavy atom. The van der Waals surface area contributed by atoms with Gasteiger partial charge in [-0.2, -0.15) is 0 Å². The van der Waals surface area contributed by atoms with Gasteiger partial charge in [-0.1, -0.05) is 12.1 Å². The lowest BCUT2D eigenvalue weighted by Gasteiger charge is -2.14. The fourth-order valence-electron chi connectivity index (χ4n) is 1.87. The maximum Gasteiger partial charge on any atom is 0.352 e. The van der Waals surface area contributed by atoms with E-state index in [1.807, 2.05) is 0 Å². The number of carboxylic acids is 2. The van der Waals surface area contributed by atoms with Gasteiger partial charge in [0.2, 0.25) is 0 Å². The largest absolute Gasteiger partial charge is 0.481 e. The Morgan fingerprint density at radius 1 is 1.05 bits per heavy atom. The van der Waals surface area contributed by atoms with Crippen LogP contribution in [0, 0.1) is 0 Å². The number of amides is 2. The van der Waals surface area contributed by atoms with Crippen LogP contribution in [-0.2, 0) is 9.59 Å². The van der Waals surface area contributed by atoms with Crippen LogP contribution in [0.15, 0.2) is 36.0 Å². The molecule has 0 fully saturated rings. The van der Waals surface area contributed by atoms with Crippen molar-refractivity contribution in [1.82, 2.24) is 4.90 Å². The van der Waals surface area contributed by atoms with Crippen LogP contribution < -0.4 is 0 Å². The first-order chi connectivity index (χ1) is 9.43. The summed E-state index contributed by atoms with van der Waals surface area (Å²) >= 11 is 0. The minimum atomic E-state index is -1.54. The number of rotatable bonds is 4. The van der Waals surface area contributed by atoms with Crippen molar-refractivity contribution in [2.45, 2.75) is 6.42 Å². The van der Waals surface area contributed by atoms with E-state index in [1.165, 1.54) is 12.1 Å². The molecule has 102 valence electrons. The van der Waals surface area contributed by atoms with E-state index in [0.717, 1.165) is 6.08 Å². The fourth-order valence-corrected chi connectivity index (χ4v) is 1.87. The molecule has 0 spiro atoms. The molecule has 0 atom stereocenters. The van der Waals surface area contributed by atoms with Gasteiger partial charge in [0, 0.05) is 0 Å². The smallest absolute Gasteiger partial charge is 0.352 e. The molecule has 2 rings (SSSR count). The van der Waals surface area contributed by atoms with Gasteiger partial charge in [0.15, 0.2) is 0 Å². The van der Waals surface area contributed by atoms with Crippen molar-refractivity contribution in [2.24, 2.45) is 0 Å². The van der Waals surface area contributed by atoms with Crippen LogP contribution in [0.5, 0.6) is 0 Å². The standard InChI is InChI=1S/C13H9NO6/c15-10(16)6-5-9(13(19)20)14-11(17)7-3-1-2-4-8(7)12(14)18/h1-5H,6H2,(H,15,16)(H,19,20)/b9-5-. The third kappa shape index (κ3) is 2.16. The van der Waals surface area contributed by atoms with Gasteiger partial charge in [0.25, 0.3) is 11.8 Å². The van der Waals surface area contributed by atoms with Gasteiger partial charge in [-0.3, -0.25) is 14.4 Å². The molecule has 20 heavy (non-hydrogen) atoms. The third-order valence-electron chi connectivity index (χ3n) is 2.72. The number of nitrogens with zero attached hydrogens (tertiary/aromatic N) is 1. The third-order valence-corrected chi connectivity index (χ3v) is 2.72. The Bertz CT molecular complexity index is 626. The summed E-state index contributed by atoms with van der Waals surface area (Å²) in [5, 5.41) is 17.6. The summed E-state index contributed by atoms with van der Waals surface area (Å²) in [6.45, 7) is 0. The van der Waals surface area contributed by atoms with Crippen molar-refractivity contribution in [3.8, 4) is 0 Å². The molecule has 0 aromatic heterocycles. The Balaban J connectivity index is 2.45. The number of imide groups is 1. The summed E-state index contributed by atoms with van der Waals surface area (Å²) in [4.78, 5) is 46.2. The lowest BCUT2D eigenvalue weighted by atomic mass is 10.1. The van der Waals surface area contributed by atoms with Gasteiger partial charge in [0.05, 0.1) is 17.5 Å². The predicted molar refractivity (Wildman–Crippen MR) is 64.9 cm³/mol. The summed E-state index contributed by atoms with van der Waals surface area (Å²) in [5.41, 5.74) is -0.460. The Kier molecular flexibility index (Phi) is 3.34. The molecule has 2 N–H and O–H groups in total. The zero-order valence-corrected chi connectivity index (χ0v) is 10.1. The lowest BCUT2D eigenvalue weighted by Crippen LogP contribution is -2.33. The monoisotopic (exact) mass is 275 g/mol. The number of benzene rings is 1. The molecule has 2 amide bonds. The summed E-state index contributed by atoms with van der Waals surface area (Å²) in [6.07, 6.45) is 0.224. The molecule has 0 aliphatic carbocycles. The first kappa shape index (κ1) is 13.5. The van der Waals surface area contributed by atoms with E-state index in [4.69, 9.17) is 10.2 Å². The quantitative estimate of drug-likeness (QED) is 0.618. The van der Waals surface area contributed by atoms with Gasteiger partial charge in [0.1, 0.15) is 5.70 Å². The Morgan fingerprint density at radius 2 is 1.55 bits per heavy atom. The van der Waals surface area contributed by atoms with Crippen molar-refractivity contribution < 1.29 is 29.4 Å². The molecule has 0 radical (unpaired) electrons. The van der Waals surface area contributed by atoms with Crippen LogP contribution in [0.4, 0.5) is 0 Å². The Labute approximate surface area is 112 Å². The van der Waals surface area contributed by atoms with Crippen LogP contribution in [0.3, 0.4) is 0 Å². The number of hydrogen-bond donors (Lipinski definition) is 2. The summed E-state index contributed by atoms with van der Waals surface area (Å²) in [6, 6.07) is 5.92. The second-order valence-corrected chi connectivity index (χ2v) is 3.98. The van der Waals surface area contributed by atoms with Crippen molar-refractivity contribution in [1.29, 1.82) is 0 Å². The number of carboxylic acid groups (broad SMARTS) is 2. The molecule has 7 nitrogen and oxygen atoms in total. The van der Waals surface area contributed by atoms with Gasteiger partial charge < -0.3 is 10.2 Å². The van der Waals surface area contributed by atoms with E-state index in [-0.39, 0.29) is 11.1 Å². The summed E-state index contributed by atoms with van der Waals surface area (Å²) in [7, 11) is 0. The lowest BCUT2D eigenvalue weighted by molar-refractivity contribution is -0.136. The molecule has 1 aliphatic heterocycles. The molecule has 7 heteroatoms. The van der Waals surface area contributed by atoms with Crippen LogP contribution >= 0.6 is 0 Å². The molecule has 0 bridgehead atoms. The van der Waals surface area contributed by atoms with Gasteiger partial charge in [-0.25, -0.2) is 9.69 Å². The van der Waals surface area contributed by atoms with Crippen molar-refractivity contribution in [3.63, 3.8) is 0 Å². The van der Waals surface area contributed by atoms with E-state index in [2.05, 4.69) is 0 Å². The van der Waals surface area contributed by atoms with Gasteiger partial charge in [-0.05, 0) is 18.2 Å². The summed E-state index contributed by atoms with van der Waals surface area (Å²) in [5.74, 6) is -4.35. The SMILES string of the molecule is O=C(O)C/C=C(/C(=O)O)N1C(=O)c2ccccc2C1=O. The maximum absolute atomic E-state index is 12.1. The maximum atomic E-state index is 12.1. The fraction of sp³-hybridized carbons (Fsp3) is 0.0769. The first-order valence-electron chi connectivity index (χ1n) is 5.56. The molecular formula is C13H9NO6. The highest BCUT2D eigenvalue weighted by Crippen LogP contribution is 2.26. The zero-order valence-electron chi connectivity index (χ0n) is 10.1. The van der Waals surface area contributed by atoms with Crippen molar-refractivity contribution >= 4 is 23.8 Å². The van der Waals surface area contributed by atoms with Crippen molar-refractivity contribution in [2.75, 3.05) is 0 Å². The minimum Gasteiger partial charge on any atom is -0.481 e. The number of hydrogen-bond acceptors (Lipinski definition) is 4. The molecule has 0 unspecified atom stereocenters. The molecule has 0 saturated heterocycles. The van der Waals surface area contributed by atoms with E-state index >= 15 is 0 Å². The average Bonchev–Trinajstić information content (AvgIpc) is 2.64. The highest BCUT2D eigenvalue weighted by atomic mass is 16.4. The van der Waals surface area contributed by atoms with Crippen LogP contribution in [0.2, 0.25) is 0 Å². The summed E-state index contributed by atoms with van der Waals surface area (Å²) < 4.78 is 0. The number of aliphatic carboxylic acids is 2. The topological polar surface area (TPSA) is 112 Å². The van der Waals surface area contributed by atoms with E-state index in [1.54, 1.807) is 12.1 Å². The number of carbonyl (C=O) groups excluding carboxylic acids is 2. The Hall–Kier alpha value is -2.96. The second kappa shape index (κ2) is 4.96. The zero-order chi connectivity index (χ0) is 14.9. The van der Waals surface area contributed by atoms with Gasteiger partial charge >= 0.3 is 11.9 Å². The normalized spacial score (nSPS) is 14.4. The van der Waals surface area contributed by atoms with Crippen LogP contribution in [0.25, 0.3) is 0 Å². The molecule has 0 saturated carbocycles. The number of carbonyl (C=O) groups is 4. The minimum absolute atomic E-state index is 0.0972. The van der Waals surface area contributed by atoms with Crippen molar-refractivity contribution in [3.05, 3.63) is 47.2 Å². The van der Waals surface area contributed by atoms with Crippen LogP contribution in [-0.4, -0.2) is 38.9 Å². The molecule has 1 aliphatic rings. The molecule has 1 heterocycles. The average molecular weight is 275 g/mol. The van der Waals surface area contributed by atoms with E-state index in [0.29, 0.717) is 4.90 Å². The molecule has 1 aromatic rings. The number of fused-ring (bicyclic) bond motifs is 1.